The molecule has 2 unspecified atom stereocenters. The Labute approximate surface area is 79.1 Å². The molecule has 1 rings (SSSR count). The number of ketones is 1. The maximum Gasteiger partial charge on any atom is 0.220 e. The van der Waals surface area contributed by atoms with E-state index in [2.05, 4.69) is 6.92 Å². The summed E-state index contributed by atoms with van der Waals surface area (Å²) in [4.78, 5) is 24.2. The van der Waals surface area contributed by atoms with Crippen LogP contribution >= 0.6 is 0 Å². The van der Waals surface area contributed by atoms with Gasteiger partial charge in [0.05, 0.1) is 6.04 Å². The Morgan fingerprint density at radius 1 is 1.38 bits per heavy atom. The summed E-state index contributed by atoms with van der Waals surface area (Å²) in [6.07, 6.45) is 1.95. The van der Waals surface area contributed by atoms with Crippen molar-refractivity contribution in [2.75, 3.05) is 6.54 Å². The highest BCUT2D eigenvalue weighted by molar-refractivity contribution is 5.87. The van der Waals surface area contributed by atoms with Gasteiger partial charge in [-0.25, -0.2) is 0 Å². The maximum atomic E-state index is 11.3. The molecule has 0 aromatic rings. The summed E-state index contributed by atoms with van der Waals surface area (Å²) in [7, 11) is 0. The highest BCUT2D eigenvalue weighted by Gasteiger charge is 2.37. The topological polar surface area (TPSA) is 37.4 Å². The standard InChI is InChI=1S/C10H17NO2/c1-4-9-5-6-11(8(3)13)10(9)7(2)12/h9-10H,4-6H2,1-3H3. The molecule has 74 valence electrons. The van der Waals surface area contributed by atoms with E-state index in [-0.39, 0.29) is 17.7 Å². The van der Waals surface area contributed by atoms with Gasteiger partial charge in [-0.05, 0) is 19.3 Å². The predicted octanol–water partition coefficient (Wildman–Crippen LogP) is 1.22. The van der Waals surface area contributed by atoms with Crippen molar-refractivity contribution in [2.24, 2.45) is 5.92 Å². The molecule has 2 atom stereocenters. The van der Waals surface area contributed by atoms with Crippen molar-refractivity contribution < 1.29 is 9.59 Å². The molecule has 0 bridgehead atoms. The third-order valence-electron chi connectivity index (χ3n) is 2.87. The van der Waals surface area contributed by atoms with Crippen LogP contribution in [-0.2, 0) is 9.59 Å². The van der Waals surface area contributed by atoms with Gasteiger partial charge in [-0.3, -0.25) is 9.59 Å². The van der Waals surface area contributed by atoms with Gasteiger partial charge in [-0.1, -0.05) is 13.3 Å². The first-order valence-corrected chi connectivity index (χ1v) is 4.85. The number of Topliss-reactive ketones (excluding diaryl/α,β-unsaturated/α-hetero) is 1. The summed E-state index contributed by atoms with van der Waals surface area (Å²) in [5.74, 6) is 0.525. The van der Waals surface area contributed by atoms with Crippen LogP contribution in [0.2, 0.25) is 0 Å². The van der Waals surface area contributed by atoms with E-state index in [9.17, 15) is 9.59 Å². The Morgan fingerprint density at radius 3 is 2.38 bits per heavy atom. The summed E-state index contributed by atoms with van der Waals surface area (Å²) in [6.45, 7) is 5.94. The quantitative estimate of drug-likeness (QED) is 0.645. The van der Waals surface area contributed by atoms with Gasteiger partial charge in [0.1, 0.15) is 0 Å². The number of carbonyl (C=O) groups is 2. The van der Waals surface area contributed by atoms with Gasteiger partial charge < -0.3 is 4.90 Å². The van der Waals surface area contributed by atoms with Crippen LogP contribution in [0.15, 0.2) is 0 Å². The van der Waals surface area contributed by atoms with E-state index in [4.69, 9.17) is 0 Å². The first-order chi connectivity index (χ1) is 6.07. The van der Waals surface area contributed by atoms with Crippen LogP contribution < -0.4 is 0 Å². The lowest BCUT2D eigenvalue weighted by molar-refractivity contribution is -0.136. The fourth-order valence-electron chi connectivity index (χ4n) is 2.19. The zero-order valence-corrected chi connectivity index (χ0v) is 8.54. The molecule has 1 saturated heterocycles. The first kappa shape index (κ1) is 10.2. The lowest BCUT2D eigenvalue weighted by Crippen LogP contribution is -2.41. The van der Waals surface area contributed by atoms with Gasteiger partial charge in [0, 0.05) is 13.5 Å². The number of hydrogen-bond acceptors (Lipinski definition) is 2. The smallest absolute Gasteiger partial charge is 0.220 e. The molecule has 1 fully saturated rings. The number of hydrogen-bond donors (Lipinski definition) is 0. The average Bonchev–Trinajstić information content (AvgIpc) is 2.46. The molecular formula is C10H17NO2. The molecule has 0 aromatic carbocycles. The molecule has 0 N–H and O–H groups in total. The molecule has 13 heavy (non-hydrogen) atoms. The van der Waals surface area contributed by atoms with Gasteiger partial charge in [-0.2, -0.15) is 0 Å². The lowest BCUT2D eigenvalue weighted by atomic mass is 9.95. The molecule has 0 aromatic heterocycles. The van der Waals surface area contributed by atoms with Gasteiger partial charge in [0.25, 0.3) is 0 Å². The van der Waals surface area contributed by atoms with Crippen LogP contribution in [0.3, 0.4) is 0 Å². The molecule has 1 heterocycles. The van der Waals surface area contributed by atoms with Crippen LogP contribution in [-0.4, -0.2) is 29.2 Å². The van der Waals surface area contributed by atoms with E-state index >= 15 is 0 Å². The van der Waals surface area contributed by atoms with Gasteiger partial charge in [0.2, 0.25) is 5.91 Å². The molecule has 1 amide bonds. The van der Waals surface area contributed by atoms with E-state index in [1.54, 1.807) is 11.8 Å². The second kappa shape index (κ2) is 3.90. The molecule has 1 aliphatic heterocycles. The second-order valence-corrected chi connectivity index (χ2v) is 3.72. The van der Waals surface area contributed by atoms with Gasteiger partial charge >= 0.3 is 0 Å². The van der Waals surface area contributed by atoms with Gasteiger partial charge in [-0.15, -0.1) is 0 Å². The lowest BCUT2D eigenvalue weighted by Gasteiger charge is -2.24. The fourth-order valence-corrected chi connectivity index (χ4v) is 2.19. The first-order valence-electron chi connectivity index (χ1n) is 4.85. The summed E-state index contributed by atoms with van der Waals surface area (Å²) >= 11 is 0. The molecule has 0 aliphatic carbocycles. The molecule has 3 heteroatoms. The Hall–Kier alpha value is -0.860. The van der Waals surface area contributed by atoms with Crippen molar-refractivity contribution >= 4 is 11.7 Å². The Balaban J connectivity index is 2.78. The van der Waals surface area contributed by atoms with Crippen molar-refractivity contribution in [3.05, 3.63) is 0 Å². The summed E-state index contributed by atoms with van der Waals surface area (Å²) in [5.41, 5.74) is 0. The van der Waals surface area contributed by atoms with Crippen LogP contribution in [0.4, 0.5) is 0 Å². The third kappa shape index (κ3) is 1.90. The van der Waals surface area contributed by atoms with E-state index in [0.29, 0.717) is 5.92 Å². The number of rotatable bonds is 2. The molecule has 0 saturated carbocycles. The van der Waals surface area contributed by atoms with Crippen molar-refractivity contribution in [3.63, 3.8) is 0 Å². The zero-order valence-electron chi connectivity index (χ0n) is 8.54. The van der Waals surface area contributed by atoms with Crippen LogP contribution in [0.25, 0.3) is 0 Å². The minimum atomic E-state index is -0.150. The van der Waals surface area contributed by atoms with Crippen molar-refractivity contribution in [1.29, 1.82) is 0 Å². The van der Waals surface area contributed by atoms with Gasteiger partial charge in [0.15, 0.2) is 5.78 Å². The fraction of sp³-hybridized carbons (Fsp3) is 0.800. The average molecular weight is 183 g/mol. The minimum Gasteiger partial charge on any atom is -0.333 e. The minimum absolute atomic E-state index is 0.0242. The second-order valence-electron chi connectivity index (χ2n) is 3.72. The summed E-state index contributed by atoms with van der Waals surface area (Å²) in [5, 5.41) is 0. The third-order valence-corrected chi connectivity index (χ3v) is 2.87. The van der Waals surface area contributed by atoms with Crippen molar-refractivity contribution in [2.45, 2.75) is 39.7 Å². The number of carbonyl (C=O) groups excluding carboxylic acids is 2. The summed E-state index contributed by atoms with van der Waals surface area (Å²) in [6, 6.07) is -0.150. The molecular weight excluding hydrogens is 166 g/mol. The maximum absolute atomic E-state index is 11.3. The SMILES string of the molecule is CCC1CCN(C(C)=O)C1C(C)=O. The number of nitrogens with zero attached hydrogens (tertiary/aromatic N) is 1. The number of amides is 1. The molecule has 0 spiro atoms. The normalized spacial score (nSPS) is 27.8. The van der Waals surface area contributed by atoms with Crippen LogP contribution in [0.1, 0.15) is 33.6 Å². The van der Waals surface area contributed by atoms with E-state index in [1.165, 1.54) is 6.92 Å². The molecule has 3 nitrogen and oxygen atoms in total. The van der Waals surface area contributed by atoms with Crippen LogP contribution in [0.5, 0.6) is 0 Å². The van der Waals surface area contributed by atoms with E-state index < -0.39 is 0 Å². The number of likely N-dealkylation sites (tertiary alicyclic amines) is 1. The molecule has 1 aliphatic rings. The van der Waals surface area contributed by atoms with E-state index in [1.807, 2.05) is 0 Å². The Morgan fingerprint density at radius 2 is 2.00 bits per heavy atom. The highest BCUT2D eigenvalue weighted by Crippen LogP contribution is 2.27. The van der Waals surface area contributed by atoms with Crippen LogP contribution in [0, 0.1) is 5.92 Å². The predicted molar refractivity (Wildman–Crippen MR) is 50.3 cm³/mol. The zero-order chi connectivity index (χ0) is 10.0. The molecule has 0 radical (unpaired) electrons. The monoisotopic (exact) mass is 183 g/mol. The Bertz CT molecular complexity index is 225. The van der Waals surface area contributed by atoms with Crippen molar-refractivity contribution in [3.8, 4) is 0 Å². The summed E-state index contributed by atoms with van der Waals surface area (Å²) < 4.78 is 0. The van der Waals surface area contributed by atoms with E-state index in [0.717, 1.165) is 19.4 Å². The Kier molecular flexibility index (Phi) is 3.07. The van der Waals surface area contributed by atoms with Crippen molar-refractivity contribution in [1.82, 2.24) is 4.90 Å². The largest absolute Gasteiger partial charge is 0.333 e. The highest BCUT2D eigenvalue weighted by atomic mass is 16.2.